The monoisotopic (exact) mass is 212 g/mol. The molecule has 1 fully saturated rings. The molecule has 1 saturated carbocycles. The van der Waals surface area contributed by atoms with Crippen LogP contribution in [-0.2, 0) is 4.79 Å². The van der Waals surface area contributed by atoms with Crippen LogP contribution in [0.3, 0.4) is 0 Å². The maximum atomic E-state index is 12.0. The molecular weight excluding hydrogens is 188 g/mol. The van der Waals surface area contributed by atoms with Crippen molar-refractivity contribution in [1.82, 2.24) is 5.32 Å². The van der Waals surface area contributed by atoms with Gasteiger partial charge in [-0.25, -0.2) is 0 Å². The molecule has 0 radical (unpaired) electrons. The fourth-order valence-corrected chi connectivity index (χ4v) is 2.10. The standard InChI is InChI=1S/C12H24N2O/c1-4-12(3,8-13)11(15)14-10-6-5-9(2)7-10/h9-10H,4-8,13H2,1-3H3,(H,14,15). The summed E-state index contributed by atoms with van der Waals surface area (Å²) in [5.74, 6) is 0.882. The number of amides is 1. The van der Waals surface area contributed by atoms with Crippen molar-refractivity contribution in [2.75, 3.05) is 6.54 Å². The molecular formula is C12H24N2O. The Balaban J connectivity index is 2.47. The van der Waals surface area contributed by atoms with Crippen LogP contribution in [0.5, 0.6) is 0 Å². The van der Waals surface area contributed by atoms with E-state index in [2.05, 4.69) is 12.2 Å². The van der Waals surface area contributed by atoms with E-state index < -0.39 is 0 Å². The van der Waals surface area contributed by atoms with Crippen LogP contribution in [0.25, 0.3) is 0 Å². The van der Waals surface area contributed by atoms with E-state index in [1.54, 1.807) is 0 Å². The van der Waals surface area contributed by atoms with Crippen molar-refractivity contribution >= 4 is 5.91 Å². The minimum absolute atomic E-state index is 0.131. The molecule has 0 aliphatic heterocycles. The number of carbonyl (C=O) groups excluding carboxylic acids is 1. The van der Waals surface area contributed by atoms with Gasteiger partial charge < -0.3 is 11.1 Å². The summed E-state index contributed by atoms with van der Waals surface area (Å²) >= 11 is 0. The molecule has 3 heteroatoms. The van der Waals surface area contributed by atoms with Crippen LogP contribution in [-0.4, -0.2) is 18.5 Å². The Hall–Kier alpha value is -0.570. The third-order valence-electron chi connectivity index (χ3n) is 3.81. The van der Waals surface area contributed by atoms with E-state index in [0.29, 0.717) is 12.6 Å². The van der Waals surface area contributed by atoms with E-state index in [-0.39, 0.29) is 11.3 Å². The predicted molar refractivity (Wildman–Crippen MR) is 62.4 cm³/mol. The normalized spacial score (nSPS) is 29.9. The lowest BCUT2D eigenvalue weighted by atomic mass is 9.86. The summed E-state index contributed by atoms with van der Waals surface area (Å²) in [6.45, 7) is 6.64. The quantitative estimate of drug-likeness (QED) is 0.744. The summed E-state index contributed by atoms with van der Waals surface area (Å²) in [5.41, 5.74) is 5.28. The average Bonchev–Trinajstić information content (AvgIpc) is 2.62. The Bertz CT molecular complexity index is 224. The minimum atomic E-state index is -0.383. The van der Waals surface area contributed by atoms with Crippen molar-refractivity contribution in [3.05, 3.63) is 0 Å². The zero-order valence-electron chi connectivity index (χ0n) is 10.2. The van der Waals surface area contributed by atoms with Crippen LogP contribution < -0.4 is 11.1 Å². The van der Waals surface area contributed by atoms with E-state index in [1.165, 1.54) is 6.42 Å². The zero-order valence-corrected chi connectivity index (χ0v) is 10.2. The Morgan fingerprint density at radius 1 is 1.53 bits per heavy atom. The maximum absolute atomic E-state index is 12.0. The van der Waals surface area contributed by atoms with Crippen molar-refractivity contribution < 1.29 is 4.79 Å². The van der Waals surface area contributed by atoms with Gasteiger partial charge in [-0.1, -0.05) is 13.8 Å². The molecule has 0 spiro atoms. The van der Waals surface area contributed by atoms with Crippen molar-refractivity contribution in [2.24, 2.45) is 17.1 Å². The first kappa shape index (κ1) is 12.5. The highest BCUT2D eigenvalue weighted by Crippen LogP contribution is 2.26. The Kier molecular flexibility index (Phi) is 4.14. The van der Waals surface area contributed by atoms with E-state index in [9.17, 15) is 4.79 Å². The average molecular weight is 212 g/mol. The third kappa shape index (κ3) is 2.94. The molecule has 3 atom stereocenters. The van der Waals surface area contributed by atoms with Gasteiger partial charge in [0.25, 0.3) is 0 Å². The number of rotatable bonds is 4. The van der Waals surface area contributed by atoms with Gasteiger partial charge >= 0.3 is 0 Å². The number of hydrogen-bond donors (Lipinski definition) is 2. The van der Waals surface area contributed by atoms with Crippen molar-refractivity contribution in [3.63, 3.8) is 0 Å². The summed E-state index contributed by atoms with van der Waals surface area (Å²) in [4.78, 5) is 12.0. The maximum Gasteiger partial charge on any atom is 0.227 e. The van der Waals surface area contributed by atoms with Crippen LogP contribution in [0.4, 0.5) is 0 Å². The smallest absolute Gasteiger partial charge is 0.227 e. The first-order chi connectivity index (χ1) is 7.01. The lowest BCUT2D eigenvalue weighted by Crippen LogP contribution is -2.46. The molecule has 88 valence electrons. The fraction of sp³-hybridized carbons (Fsp3) is 0.917. The van der Waals surface area contributed by atoms with Gasteiger partial charge in [-0.3, -0.25) is 4.79 Å². The summed E-state index contributed by atoms with van der Waals surface area (Å²) in [6.07, 6.45) is 4.28. The van der Waals surface area contributed by atoms with Crippen molar-refractivity contribution in [1.29, 1.82) is 0 Å². The first-order valence-corrected chi connectivity index (χ1v) is 6.03. The van der Waals surface area contributed by atoms with E-state index >= 15 is 0 Å². The van der Waals surface area contributed by atoms with Gasteiger partial charge in [-0.2, -0.15) is 0 Å². The second-order valence-corrected chi connectivity index (χ2v) is 5.21. The Morgan fingerprint density at radius 2 is 2.20 bits per heavy atom. The third-order valence-corrected chi connectivity index (χ3v) is 3.81. The van der Waals surface area contributed by atoms with Crippen molar-refractivity contribution in [3.8, 4) is 0 Å². The molecule has 1 amide bonds. The molecule has 1 rings (SSSR count). The predicted octanol–water partition coefficient (Wildman–Crippen LogP) is 1.67. The van der Waals surface area contributed by atoms with E-state index in [4.69, 9.17) is 5.73 Å². The van der Waals surface area contributed by atoms with Gasteiger partial charge in [-0.05, 0) is 38.5 Å². The molecule has 15 heavy (non-hydrogen) atoms. The van der Waals surface area contributed by atoms with Crippen LogP contribution in [0.2, 0.25) is 0 Å². The topological polar surface area (TPSA) is 55.1 Å². The van der Waals surface area contributed by atoms with Crippen LogP contribution in [0.1, 0.15) is 46.5 Å². The van der Waals surface area contributed by atoms with Gasteiger partial charge in [0.15, 0.2) is 0 Å². The van der Waals surface area contributed by atoms with Gasteiger partial charge in [0.1, 0.15) is 0 Å². The Morgan fingerprint density at radius 3 is 2.60 bits per heavy atom. The molecule has 3 N–H and O–H groups in total. The molecule has 0 aromatic carbocycles. The van der Waals surface area contributed by atoms with Crippen LogP contribution in [0.15, 0.2) is 0 Å². The molecule has 0 saturated heterocycles. The fourth-order valence-electron chi connectivity index (χ4n) is 2.10. The SMILES string of the molecule is CCC(C)(CN)C(=O)NC1CCC(C)C1. The summed E-state index contributed by atoms with van der Waals surface area (Å²) in [5, 5.41) is 3.13. The van der Waals surface area contributed by atoms with Crippen molar-refractivity contribution in [2.45, 2.75) is 52.5 Å². The summed E-state index contributed by atoms with van der Waals surface area (Å²) in [7, 11) is 0. The molecule has 1 aliphatic rings. The molecule has 0 aromatic heterocycles. The van der Waals surface area contributed by atoms with Gasteiger partial charge in [0.2, 0.25) is 5.91 Å². The zero-order chi connectivity index (χ0) is 11.5. The number of hydrogen-bond acceptors (Lipinski definition) is 2. The van der Waals surface area contributed by atoms with Crippen LogP contribution >= 0.6 is 0 Å². The largest absolute Gasteiger partial charge is 0.353 e. The second-order valence-electron chi connectivity index (χ2n) is 5.21. The molecule has 0 aromatic rings. The molecule has 0 bridgehead atoms. The molecule has 3 unspecified atom stereocenters. The molecule has 0 heterocycles. The summed E-state index contributed by atoms with van der Waals surface area (Å²) in [6, 6.07) is 0.380. The van der Waals surface area contributed by atoms with E-state index in [0.717, 1.165) is 25.2 Å². The lowest BCUT2D eigenvalue weighted by molar-refractivity contribution is -0.130. The lowest BCUT2D eigenvalue weighted by Gasteiger charge is -2.27. The Labute approximate surface area is 92.8 Å². The van der Waals surface area contributed by atoms with Gasteiger partial charge in [0, 0.05) is 12.6 Å². The second kappa shape index (κ2) is 4.97. The molecule has 3 nitrogen and oxygen atoms in total. The first-order valence-electron chi connectivity index (χ1n) is 6.03. The van der Waals surface area contributed by atoms with E-state index in [1.807, 2.05) is 13.8 Å². The van der Waals surface area contributed by atoms with Gasteiger partial charge in [-0.15, -0.1) is 0 Å². The highest BCUT2D eigenvalue weighted by atomic mass is 16.2. The number of carbonyl (C=O) groups is 1. The molecule has 1 aliphatic carbocycles. The highest BCUT2D eigenvalue weighted by molar-refractivity contribution is 5.82. The van der Waals surface area contributed by atoms with Gasteiger partial charge in [0.05, 0.1) is 5.41 Å². The number of nitrogens with one attached hydrogen (secondary N) is 1. The summed E-state index contributed by atoms with van der Waals surface area (Å²) < 4.78 is 0. The van der Waals surface area contributed by atoms with Crippen LogP contribution in [0, 0.1) is 11.3 Å². The number of nitrogens with two attached hydrogens (primary N) is 1. The minimum Gasteiger partial charge on any atom is -0.353 e. The highest BCUT2D eigenvalue weighted by Gasteiger charge is 2.32.